The highest BCUT2D eigenvalue weighted by Crippen LogP contribution is 2.40. The van der Waals surface area contributed by atoms with Gasteiger partial charge < -0.3 is 4.74 Å². The fourth-order valence-corrected chi connectivity index (χ4v) is 1.72. The van der Waals surface area contributed by atoms with E-state index in [1.54, 1.807) is 7.11 Å². The SMILES string of the molecule is COC1(C)Cc2ccccc21. The molecule has 0 fully saturated rings. The van der Waals surface area contributed by atoms with Gasteiger partial charge in [-0.15, -0.1) is 0 Å². The Morgan fingerprint density at radius 3 is 2.73 bits per heavy atom. The van der Waals surface area contributed by atoms with Gasteiger partial charge in [-0.3, -0.25) is 0 Å². The van der Waals surface area contributed by atoms with Crippen LogP contribution in [0.25, 0.3) is 0 Å². The van der Waals surface area contributed by atoms with Crippen LogP contribution in [0.15, 0.2) is 24.3 Å². The monoisotopic (exact) mass is 148 g/mol. The largest absolute Gasteiger partial charge is 0.373 e. The van der Waals surface area contributed by atoms with Crippen molar-refractivity contribution in [2.45, 2.75) is 18.9 Å². The molecule has 1 aromatic carbocycles. The third-order valence-corrected chi connectivity index (χ3v) is 2.57. The highest BCUT2D eigenvalue weighted by Gasteiger charge is 2.37. The number of benzene rings is 1. The van der Waals surface area contributed by atoms with Gasteiger partial charge in [-0.1, -0.05) is 24.3 Å². The number of ether oxygens (including phenoxy) is 1. The number of methoxy groups -OCH3 is 1. The highest BCUT2D eigenvalue weighted by atomic mass is 16.5. The summed E-state index contributed by atoms with van der Waals surface area (Å²) in [7, 11) is 1.77. The molecule has 1 atom stereocenters. The summed E-state index contributed by atoms with van der Waals surface area (Å²) in [6, 6.07) is 8.45. The van der Waals surface area contributed by atoms with Crippen LogP contribution in [0, 0.1) is 0 Å². The zero-order chi connectivity index (χ0) is 7.90. The van der Waals surface area contributed by atoms with Gasteiger partial charge in [0.05, 0.1) is 5.60 Å². The first kappa shape index (κ1) is 6.86. The third-order valence-electron chi connectivity index (χ3n) is 2.57. The van der Waals surface area contributed by atoms with Crippen LogP contribution in [0.5, 0.6) is 0 Å². The summed E-state index contributed by atoms with van der Waals surface area (Å²) < 4.78 is 5.40. The van der Waals surface area contributed by atoms with Crippen molar-refractivity contribution in [3.63, 3.8) is 0 Å². The average Bonchev–Trinajstić information content (AvgIpc) is 2.02. The Kier molecular flexibility index (Phi) is 1.30. The Bertz CT molecular complexity index is 280. The second kappa shape index (κ2) is 2.08. The number of rotatable bonds is 1. The van der Waals surface area contributed by atoms with Crippen molar-refractivity contribution < 1.29 is 4.74 Å². The Hall–Kier alpha value is -0.820. The van der Waals surface area contributed by atoms with Crippen LogP contribution in [0.2, 0.25) is 0 Å². The standard InChI is InChI=1S/C10H12O/c1-10(11-2)7-8-5-3-4-6-9(8)10/h3-6H,7H2,1-2H3. The zero-order valence-electron chi connectivity index (χ0n) is 6.92. The molecule has 1 heteroatoms. The maximum atomic E-state index is 5.40. The van der Waals surface area contributed by atoms with Crippen LogP contribution in [-0.4, -0.2) is 7.11 Å². The maximum Gasteiger partial charge on any atom is 0.0942 e. The van der Waals surface area contributed by atoms with Crippen molar-refractivity contribution in [2.24, 2.45) is 0 Å². The smallest absolute Gasteiger partial charge is 0.0942 e. The zero-order valence-corrected chi connectivity index (χ0v) is 6.92. The second-order valence-electron chi connectivity index (χ2n) is 3.27. The Labute approximate surface area is 67.0 Å². The fourth-order valence-electron chi connectivity index (χ4n) is 1.72. The van der Waals surface area contributed by atoms with Gasteiger partial charge in [-0.2, -0.15) is 0 Å². The Morgan fingerprint density at radius 2 is 2.09 bits per heavy atom. The summed E-state index contributed by atoms with van der Waals surface area (Å²) in [5, 5.41) is 0. The van der Waals surface area contributed by atoms with Gasteiger partial charge in [-0.25, -0.2) is 0 Å². The number of hydrogen-bond donors (Lipinski definition) is 0. The summed E-state index contributed by atoms with van der Waals surface area (Å²) >= 11 is 0. The van der Waals surface area contributed by atoms with Crippen molar-refractivity contribution in [3.8, 4) is 0 Å². The molecule has 0 aliphatic heterocycles. The van der Waals surface area contributed by atoms with E-state index >= 15 is 0 Å². The minimum Gasteiger partial charge on any atom is -0.373 e. The van der Waals surface area contributed by atoms with Crippen molar-refractivity contribution in [1.82, 2.24) is 0 Å². The summed E-state index contributed by atoms with van der Waals surface area (Å²) in [5.41, 5.74) is 2.77. The molecule has 1 nitrogen and oxygen atoms in total. The molecule has 11 heavy (non-hydrogen) atoms. The molecule has 0 saturated heterocycles. The molecular weight excluding hydrogens is 136 g/mol. The van der Waals surface area contributed by atoms with E-state index in [2.05, 4.69) is 31.2 Å². The Morgan fingerprint density at radius 1 is 1.36 bits per heavy atom. The van der Waals surface area contributed by atoms with Crippen LogP contribution in [-0.2, 0) is 16.8 Å². The lowest BCUT2D eigenvalue weighted by molar-refractivity contribution is -0.0182. The fraction of sp³-hybridized carbons (Fsp3) is 0.400. The van der Waals surface area contributed by atoms with Gasteiger partial charge in [-0.05, 0) is 18.1 Å². The molecule has 0 amide bonds. The van der Waals surface area contributed by atoms with Crippen LogP contribution in [0.3, 0.4) is 0 Å². The molecule has 0 N–H and O–H groups in total. The maximum absolute atomic E-state index is 5.40. The van der Waals surface area contributed by atoms with Gasteiger partial charge in [0.2, 0.25) is 0 Å². The van der Waals surface area contributed by atoms with E-state index in [-0.39, 0.29) is 5.60 Å². The highest BCUT2D eigenvalue weighted by molar-refractivity contribution is 5.42. The molecule has 2 rings (SSSR count). The molecule has 1 aliphatic rings. The van der Waals surface area contributed by atoms with Crippen LogP contribution < -0.4 is 0 Å². The number of fused-ring (bicyclic) bond motifs is 1. The lowest BCUT2D eigenvalue weighted by atomic mass is 9.75. The van der Waals surface area contributed by atoms with E-state index in [0.717, 1.165) is 6.42 Å². The lowest BCUT2D eigenvalue weighted by Gasteiger charge is -2.39. The quantitative estimate of drug-likeness (QED) is 0.592. The van der Waals surface area contributed by atoms with Crippen molar-refractivity contribution >= 4 is 0 Å². The molecule has 1 aromatic rings. The van der Waals surface area contributed by atoms with Gasteiger partial charge in [0.1, 0.15) is 0 Å². The van der Waals surface area contributed by atoms with Crippen molar-refractivity contribution in [2.75, 3.05) is 7.11 Å². The van der Waals surface area contributed by atoms with E-state index in [1.807, 2.05) is 0 Å². The molecule has 0 aromatic heterocycles. The second-order valence-corrected chi connectivity index (χ2v) is 3.27. The molecule has 0 spiro atoms. The van der Waals surface area contributed by atoms with Crippen LogP contribution in [0.1, 0.15) is 18.1 Å². The topological polar surface area (TPSA) is 9.23 Å². The minimum atomic E-state index is -0.00338. The molecule has 0 saturated carbocycles. The first-order valence-corrected chi connectivity index (χ1v) is 3.90. The van der Waals surface area contributed by atoms with Crippen LogP contribution >= 0.6 is 0 Å². The normalized spacial score (nSPS) is 27.5. The first-order chi connectivity index (χ1) is 5.26. The molecule has 0 radical (unpaired) electrons. The molecular formula is C10H12O. The molecule has 0 bridgehead atoms. The van der Waals surface area contributed by atoms with Crippen molar-refractivity contribution in [3.05, 3.63) is 35.4 Å². The van der Waals surface area contributed by atoms with E-state index in [4.69, 9.17) is 4.74 Å². The summed E-state index contributed by atoms with van der Waals surface area (Å²) in [4.78, 5) is 0. The van der Waals surface area contributed by atoms with E-state index < -0.39 is 0 Å². The predicted molar refractivity (Wildman–Crippen MR) is 44.5 cm³/mol. The summed E-state index contributed by atoms with van der Waals surface area (Å²) in [5.74, 6) is 0. The molecule has 1 aliphatic carbocycles. The van der Waals surface area contributed by atoms with E-state index in [0.29, 0.717) is 0 Å². The van der Waals surface area contributed by atoms with Gasteiger partial charge in [0, 0.05) is 13.5 Å². The third kappa shape index (κ3) is 0.809. The van der Waals surface area contributed by atoms with E-state index in [1.165, 1.54) is 11.1 Å². The van der Waals surface area contributed by atoms with Crippen LogP contribution in [0.4, 0.5) is 0 Å². The molecule has 0 heterocycles. The lowest BCUT2D eigenvalue weighted by Crippen LogP contribution is -2.37. The van der Waals surface area contributed by atoms with E-state index in [9.17, 15) is 0 Å². The van der Waals surface area contributed by atoms with Gasteiger partial charge in [0.15, 0.2) is 0 Å². The van der Waals surface area contributed by atoms with Gasteiger partial charge >= 0.3 is 0 Å². The molecule has 1 unspecified atom stereocenters. The van der Waals surface area contributed by atoms with Gasteiger partial charge in [0.25, 0.3) is 0 Å². The molecule has 58 valence electrons. The van der Waals surface area contributed by atoms with Crippen molar-refractivity contribution in [1.29, 1.82) is 0 Å². The Balaban J connectivity index is 2.43. The minimum absolute atomic E-state index is 0.00338. The summed E-state index contributed by atoms with van der Waals surface area (Å²) in [6.07, 6.45) is 1.06. The summed E-state index contributed by atoms with van der Waals surface area (Å²) in [6.45, 7) is 2.13. The first-order valence-electron chi connectivity index (χ1n) is 3.90. The average molecular weight is 148 g/mol. The number of hydrogen-bond acceptors (Lipinski definition) is 1. The predicted octanol–water partition coefficient (Wildman–Crippen LogP) is 2.10.